The van der Waals surface area contributed by atoms with E-state index >= 15 is 0 Å². The number of carbonyl (C=O) groups excluding carboxylic acids is 2. The Bertz CT molecular complexity index is 380. The van der Waals surface area contributed by atoms with Crippen molar-refractivity contribution in [1.82, 2.24) is 10.2 Å². The van der Waals surface area contributed by atoms with E-state index in [1.54, 1.807) is 0 Å². The second kappa shape index (κ2) is 5.74. The zero-order valence-electron chi connectivity index (χ0n) is 13.2. The molecule has 2 atom stereocenters. The summed E-state index contributed by atoms with van der Waals surface area (Å²) in [7, 11) is 0. The summed E-state index contributed by atoms with van der Waals surface area (Å²) >= 11 is 0. The van der Waals surface area contributed by atoms with Gasteiger partial charge in [0.1, 0.15) is 6.04 Å². The van der Waals surface area contributed by atoms with Crippen molar-refractivity contribution in [2.24, 2.45) is 5.41 Å². The van der Waals surface area contributed by atoms with Gasteiger partial charge in [-0.25, -0.2) is 0 Å². The Hall–Kier alpha value is -1.06. The largest absolute Gasteiger partial charge is 0.344 e. The molecule has 1 N–H and O–H groups in total. The molecule has 114 valence electrons. The first-order valence-electron chi connectivity index (χ1n) is 7.92. The summed E-state index contributed by atoms with van der Waals surface area (Å²) < 4.78 is 0. The molecule has 0 aromatic rings. The molecule has 20 heavy (non-hydrogen) atoms. The lowest BCUT2D eigenvalue weighted by Crippen LogP contribution is -2.55. The molecule has 4 nitrogen and oxygen atoms in total. The summed E-state index contributed by atoms with van der Waals surface area (Å²) in [6.07, 6.45) is 6.26. The fraction of sp³-hybridized carbons (Fsp3) is 0.875. The summed E-state index contributed by atoms with van der Waals surface area (Å²) in [6.45, 7) is 8.07. The SMILES string of the molecule is CC1CC(=O)NC(C(C)(C)C)C(=O)N1C1CCCCC1. The van der Waals surface area contributed by atoms with Gasteiger partial charge in [0.15, 0.2) is 0 Å². The summed E-state index contributed by atoms with van der Waals surface area (Å²) in [4.78, 5) is 27.0. The molecule has 2 fully saturated rings. The van der Waals surface area contributed by atoms with Gasteiger partial charge in [0, 0.05) is 18.5 Å². The maximum absolute atomic E-state index is 13.0. The third-order valence-electron chi connectivity index (χ3n) is 4.60. The van der Waals surface area contributed by atoms with Crippen molar-refractivity contribution < 1.29 is 9.59 Å². The summed E-state index contributed by atoms with van der Waals surface area (Å²) in [5.41, 5.74) is -0.246. The van der Waals surface area contributed by atoms with Gasteiger partial charge in [0.05, 0.1) is 0 Å². The lowest BCUT2D eigenvalue weighted by atomic mass is 9.85. The predicted molar refractivity (Wildman–Crippen MR) is 79.2 cm³/mol. The first-order valence-corrected chi connectivity index (χ1v) is 7.92. The minimum absolute atomic E-state index is 0.00378. The molecule has 2 aliphatic rings. The fourth-order valence-corrected chi connectivity index (χ4v) is 3.50. The number of rotatable bonds is 1. The van der Waals surface area contributed by atoms with E-state index in [4.69, 9.17) is 0 Å². The van der Waals surface area contributed by atoms with Crippen molar-refractivity contribution in [2.75, 3.05) is 0 Å². The summed E-state index contributed by atoms with van der Waals surface area (Å²) in [6, 6.07) is -0.0661. The van der Waals surface area contributed by atoms with E-state index in [1.807, 2.05) is 32.6 Å². The van der Waals surface area contributed by atoms with Gasteiger partial charge in [0.2, 0.25) is 11.8 Å². The zero-order chi connectivity index (χ0) is 14.9. The normalized spacial score (nSPS) is 30.1. The Morgan fingerprint density at radius 2 is 1.70 bits per heavy atom. The lowest BCUT2D eigenvalue weighted by molar-refractivity contribution is -0.140. The van der Waals surface area contributed by atoms with Crippen molar-refractivity contribution in [3.05, 3.63) is 0 Å². The number of amides is 2. The first kappa shape index (κ1) is 15.3. The number of nitrogens with zero attached hydrogens (tertiary/aromatic N) is 1. The van der Waals surface area contributed by atoms with Crippen LogP contribution >= 0.6 is 0 Å². The highest BCUT2D eigenvalue weighted by Gasteiger charge is 2.42. The van der Waals surface area contributed by atoms with Gasteiger partial charge in [-0.2, -0.15) is 0 Å². The molecule has 1 aliphatic heterocycles. The number of nitrogens with one attached hydrogen (secondary N) is 1. The standard InChI is InChI=1S/C16H28N2O2/c1-11-10-13(19)17-14(16(2,3)4)15(20)18(11)12-8-6-5-7-9-12/h11-12,14H,5-10H2,1-4H3,(H,17,19). The Labute approximate surface area is 122 Å². The molecule has 1 aliphatic carbocycles. The highest BCUT2D eigenvalue weighted by molar-refractivity contribution is 5.91. The molecule has 0 aromatic carbocycles. The van der Waals surface area contributed by atoms with Gasteiger partial charge in [-0.05, 0) is 25.2 Å². The van der Waals surface area contributed by atoms with E-state index in [2.05, 4.69) is 5.32 Å². The molecule has 4 heteroatoms. The van der Waals surface area contributed by atoms with Crippen molar-refractivity contribution in [3.8, 4) is 0 Å². The first-order chi connectivity index (χ1) is 9.30. The third kappa shape index (κ3) is 3.15. The zero-order valence-corrected chi connectivity index (χ0v) is 13.2. The Balaban J connectivity index is 2.27. The van der Waals surface area contributed by atoms with E-state index in [9.17, 15) is 9.59 Å². The van der Waals surface area contributed by atoms with Gasteiger partial charge in [-0.1, -0.05) is 40.0 Å². The lowest BCUT2D eigenvalue weighted by Gasteiger charge is -2.40. The van der Waals surface area contributed by atoms with E-state index in [1.165, 1.54) is 19.3 Å². The fourth-order valence-electron chi connectivity index (χ4n) is 3.50. The van der Waals surface area contributed by atoms with Crippen LogP contribution in [0.5, 0.6) is 0 Å². The minimum atomic E-state index is -0.401. The Morgan fingerprint density at radius 1 is 1.10 bits per heavy atom. The van der Waals surface area contributed by atoms with Crippen LogP contribution in [0.3, 0.4) is 0 Å². The molecule has 1 saturated heterocycles. The molecule has 2 unspecified atom stereocenters. The summed E-state index contributed by atoms with van der Waals surface area (Å²) in [5.74, 6) is 0.117. The average Bonchev–Trinajstić information content (AvgIpc) is 2.46. The van der Waals surface area contributed by atoms with E-state index in [-0.39, 0.29) is 23.3 Å². The topological polar surface area (TPSA) is 49.4 Å². The maximum atomic E-state index is 13.0. The quantitative estimate of drug-likeness (QED) is 0.802. The van der Waals surface area contributed by atoms with Crippen molar-refractivity contribution >= 4 is 11.8 Å². The monoisotopic (exact) mass is 280 g/mol. The van der Waals surface area contributed by atoms with Gasteiger partial charge in [-0.3, -0.25) is 9.59 Å². The van der Waals surface area contributed by atoms with Crippen LogP contribution in [0.1, 0.15) is 66.2 Å². The molecule has 0 spiro atoms. The van der Waals surface area contributed by atoms with Crippen LogP contribution in [0.25, 0.3) is 0 Å². The van der Waals surface area contributed by atoms with Gasteiger partial charge < -0.3 is 10.2 Å². The third-order valence-corrected chi connectivity index (χ3v) is 4.60. The van der Waals surface area contributed by atoms with Crippen molar-refractivity contribution in [2.45, 2.75) is 84.3 Å². The van der Waals surface area contributed by atoms with Crippen molar-refractivity contribution in [3.63, 3.8) is 0 Å². The van der Waals surface area contributed by atoms with Crippen molar-refractivity contribution in [1.29, 1.82) is 0 Å². The average molecular weight is 280 g/mol. The molecular formula is C16H28N2O2. The van der Waals surface area contributed by atoms with Gasteiger partial charge in [-0.15, -0.1) is 0 Å². The number of carbonyl (C=O) groups is 2. The molecule has 2 rings (SSSR count). The van der Waals surface area contributed by atoms with Crippen LogP contribution < -0.4 is 5.32 Å². The Morgan fingerprint density at radius 3 is 2.25 bits per heavy atom. The molecule has 0 aromatic heterocycles. The smallest absolute Gasteiger partial charge is 0.246 e. The summed E-state index contributed by atoms with van der Waals surface area (Å²) in [5, 5.41) is 2.94. The molecule has 0 bridgehead atoms. The van der Waals surface area contributed by atoms with Gasteiger partial charge >= 0.3 is 0 Å². The van der Waals surface area contributed by atoms with Crippen LogP contribution in [0.4, 0.5) is 0 Å². The maximum Gasteiger partial charge on any atom is 0.246 e. The number of hydrogen-bond acceptors (Lipinski definition) is 2. The van der Waals surface area contributed by atoms with Gasteiger partial charge in [0.25, 0.3) is 0 Å². The molecule has 0 radical (unpaired) electrons. The molecule has 1 saturated carbocycles. The number of hydrogen-bond donors (Lipinski definition) is 1. The van der Waals surface area contributed by atoms with Crippen LogP contribution in [0.15, 0.2) is 0 Å². The predicted octanol–water partition coefficient (Wildman–Crippen LogP) is 2.47. The van der Waals surface area contributed by atoms with Crippen LogP contribution in [-0.2, 0) is 9.59 Å². The highest BCUT2D eigenvalue weighted by Crippen LogP contribution is 2.30. The van der Waals surface area contributed by atoms with Crippen LogP contribution in [0, 0.1) is 5.41 Å². The van der Waals surface area contributed by atoms with E-state index in [0.717, 1.165) is 12.8 Å². The highest BCUT2D eigenvalue weighted by atomic mass is 16.2. The van der Waals surface area contributed by atoms with E-state index < -0.39 is 6.04 Å². The molecule has 2 amide bonds. The molecule has 1 heterocycles. The minimum Gasteiger partial charge on any atom is -0.344 e. The van der Waals surface area contributed by atoms with Crippen LogP contribution in [-0.4, -0.2) is 34.8 Å². The van der Waals surface area contributed by atoms with E-state index in [0.29, 0.717) is 12.5 Å². The van der Waals surface area contributed by atoms with Crippen LogP contribution in [0.2, 0.25) is 0 Å². The second-order valence-corrected chi connectivity index (χ2v) is 7.46. The Kier molecular flexibility index (Phi) is 4.40. The molecular weight excluding hydrogens is 252 g/mol. The second-order valence-electron chi connectivity index (χ2n) is 7.46.